The van der Waals surface area contributed by atoms with E-state index >= 15 is 0 Å². The SMILES string of the molecule is CCC(OC)C(=O)C=O. The predicted molar refractivity (Wildman–Crippen MR) is 32.2 cm³/mol. The molecule has 0 aromatic carbocycles. The highest BCUT2D eigenvalue weighted by Gasteiger charge is 2.12. The summed E-state index contributed by atoms with van der Waals surface area (Å²) in [5.74, 6) is -0.486. The Balaban J connectivity index is 3.78. The van der Waals surface area contributed by atoms with E-state index in [1.807, 2.05) is 0 Å². The third-order valence-corrected chi connectivity index (χ3v) is 1.09. The van der Waals surface area contributed by atoms with Gasteiger partial charge in [-0.15, -0.1) is 0 Å². The molecule has 0 spiro atoms. The van der Waals surface area contributed by atoms with Crippen LogP contribution < -0.4 is 0 Å². The fourth-order valence-corrected chi connectivity index (χ4v) is 0.560. The molecule has 0 aliphatic carbocycles. The standard InChI is InChI=1S/C6H10O3/c1-3-6(9-2)5(8)4-7/h4,6H,3H2,1-2H3. The van der Waals surface area contributed by atoms with Gasteiger partial charge in [0.1, 0.15) is 6.10 Å². The zero-order valence-corrected chi connectivity index (χ0v) is 5.59. The van der Waals surface area contributed by atoms with E-state index < -0.39 is 11.9 Å². The van der Waals surface area contributed by atoms with E-state index in [-0.39, 0.29) is 6.29 Å². The maximum absolute atomic E-state index is 10.5. The Kier molecular flexibility index (Phi) is 3.88. The zero-order chi connectivity index (χ0) is 7.28. The molecule has 0 fully saturated rings. The molecule has 0 aliphatic rings. The van der Waals surface area contributed by atoms with Crippen molar-refractivity contribution >= 4 is 12.1 Å². The van der Waals surface area contributed by atoms with Crippen LogP contribution in [0.15, 0.2) is 0 Å². The van der Waals surface area contributed by atoms with Crippen LogP contribution in [-0.2, 0) is 14.3 Å². The van der Waals surface area contributed by atoms with E-state index in [0.717, 1.165) is 0 Å². The summed E-state index contributed by atoms with van der Waals surface area (Å²) in [5.41, 5.74) is 0. The maximum Gasteiger partial charge on any atom is 0.223 e. The Hall–Kier alpha value is -0.700. The van der Waals surface area contributed by atoms with Gasteiger partial charge in [-0.25, -0.2) is 0 Å². The topological polar surface area (TPSA) is 43.4 Å². The van der Waals surface area contributed by atoms with Crippen LogP contribution in [0.1, 0.15) is 13.3 Å². The van der Waals surface area contributed by atoms with Gasteiger partial charge in [0.25, 0.3) is 0 Å². The molecule has 9 heavy (non-hydrogen) atoms. The lowest BCUT2D eigenvalue weighted by atomic mass is 10.2. The zero-order valence-electron chi connectivity index (χ0n) is 5.59. The lowest BCUT2D eigenvalue weighted by Crippen LogP contribution is -2.22. The number of aldehydes is 1. The number of Topliss-reactive ketones (excluding diaryl/α,β-unsaturated/α-hetero) is 1. The Morgan fingerprint density at radius 1 is 1.78 bits per heavy atom. The molecule has 0 N–H and O–H groups in total. The minimum Gasteiger partial charge on any atom is -0.373 e. The highest BCUT2D eigenvalue weighted by Crippen LogP contribution is 1.94. The number of hydrogen-bond donors (Lipinski definition) is 0. The van der Waals surface area contributed by atoms with Gasteiger partial charge in [-0.3, -0.25) is 9.59 Å². The first-order valence-electron chi connectivity index (χ1n) is 2.78. The van der Waals surface area contributed by atoms with Crippen LogP contribution in [0, 0.1) is 0 Å². The second-order valence-electron chi connectivity index (χ2n) is 1.65. The molecule has 0 bridgehead atoms. The number of ketones is 1. The van der Waals surface area contributed by atoms with Crippen LogP contribution in [0.25, 0.3) is 0 Å². The molecule has 0 saturated heterocycles. The average Bonchev–Trinajstić information content (AvgIpc) is 1.90. The molecule has 0 amide bonds. The molecule has 52 valence electrons. The Morgan fingerprint density at radius 3 is 2.44 bits per heavy atom. The summed E-state index contributed by atoms with van der Waals surface area (Å²) in [7, 11) is 1.41. The summed E-state index contributed by atoms with van der Waals surface area (Å²) < 4.78 is 4.67. The summed E-state index contributed by atoms with van der Waals surface area (Å²) >= 11 is 0. The lowest BCUT2D eigenvalue weighted by molar-refractivity contribution is -0.136. The van der Waals surface area contributed by atoms with E-state index in [9.17, 15) is 9.59 Å². The summed E-state index contributed by atoms with van der Waals surface area (Å²) in [6, 6.07) is 0. The van der Waals surface area contributed by atoms with Crippen molar-refractivity contribution in [3.8, 4) is 0 Å². The Bertz CT molecular complexity index is 105. The molecule has 0 aliphatic heterocycles. The molecule has 3 heteroatoms. The van der Waals surface area contributed by atoms with Crippen molar-refractivity contribution in [3.63, 3.8) is 0 Å². The van der Waals surface area contributed by atoms with Crippen molar-refractivity contribution in [1.82, 2.24) is 0 Å². The molecule has 0 aromatic rings. The quantitative estimate of drug-likeness (QED) is 0.402. The molecule has 1 atom stereocenters. The summed E-state index contributed by atoms with van der Waals surface area (Å²) in [6.07, 6.45) is 0.300. The summed E-state index contributed by atoms with van der Waals surface area (Å²) in [5, 5.41) is 0. The van der Waals surface area contributed by atoms with E-state index in [0.29, 0.717) is 6.42 Å². The average molecular weight is 130 g/mol. The minimum atomic E-state index is -0.539. The summed E-state index contributed by atoms with van der Waals surface area (Å²) in [4.78, 5) is 20.3. The number of carbonyl (C=O) groups is 2. The van der Waals surface area contributed by atoms with Gasteiger partial charge in [0.15, 0.2) is 6.29 Å². The number of rotatable bonds is 4. The van der Waals surface area contributed by atoms with Gasteiger partial charge in [0.05, 0.1) is 0 Å². The van der Waals surface area contributed by atoms with Crippen molar-refractivity contribution in [1.29, 1.82) is 0 Å². The second-order valence-corrected chi connectivity index (χ2v) is 1.65. The van der Waals surface area contributed by atoms with Crippen molar-refractivity contribution in [2.45, 2.75) is 19.4 Å². The fraction of sp³-hybridized carbons (Fsp3) is 0.667. The van der Waals surface area contributed by atoms with Crippen LogP contribution in [0.4, 0.5) is 0 Å². The van der Waals surface area contributed by atoms with Gasteiger partial charge in [-0.05, 0) is 6.42 Å². The molecule has 0 saturated carbocycles. The Morgan fingerprint density at radius 2 is 2.33 bits per heavy atom. The molecule has 3 nitrogen and oxygen atoms in total. The van der Waals surface area contributed by atoms with Crippen LogP contribution in [0.3, 0.4) is 0 Å². The first-order valence-corrected chi connectivity index (χ1v) is 2.78. The predicted octanol–water partition coefficient (Wildman–Crippen LogP) is 0.179. The first-order chi connectivity index (χ1) is 4.26. The van der Waals surface area contributed by atoms with E-state index in [1.54, 1.807) is 6.92 Å². The van der Waals surface area contributed by atoms with Crippen molar-refractivity contribution in [2.75, 3.05) is 7.11 Å². The van der Waals surface area contributed by atoms with Gasteiger partial charge in [0, 0.05) is 7.11 Å². The third-order valence-electron chi connectivity index (χ3n) is 1.09. The Labute approximate surface area is 54.0 Å². The largest absolute Gasteiger partial charge is 0.373 e. The van der Waals surface area contributed by atoms with Gasteiger partial charge in [-0.2, -0.15) is 0 Å². The number of methoxy groups -OCH3 is 1. The molecule has 0 heterocycles. The van der Waals surface area contributed by atoms with Crippen LogP contribution in [-0.4, -0.2) is 25.3 Å². The van der Waals surface area contributed by atoms with Gasteiger partial charge in [-0.1, -0.05) is 6.92 Å². The molecular formula is C6H10O3. The number of ether oxygens (including phenoxy) is 1. The van der Waals surface area contributed by atoms with Crippen molar-refractivity contribution in [3.05, 3.63) is 0 Å². The second kappa shape index (κ2) is 4.21. The number of hydrogen-bond acceptors (Lipinski definition) is 3. The normalized spacial score (nSPS) is 12.7. The molecule has 0 aromatic heterocycles. The number of carbonyl (C=O) groups excluding carboxylic acids is 2. The van der Waals surface area contributed by atoms with E-state index in [4.69, 9.17) is 0 Å². The first kappa shape index (κ1) is 8.30. The molecule has 0 rings (SSSR count). The van der Waals surface area contributed by atoms with Crippen LogP contribution in [0.2, 0.25) is 0 Å². The lowest BCUT2D eigenvalue weighted by Gasteiger charge is -2.05. The minimum absolute atomic E-state index is 0.289. The molecular weight excluding hydrogens is 120 g/mol. The van der Waals surface area contributed by atoms with Crippen LogP contribution >= 0.6 is 0 Å². The monoisotopic (exact) mass is 130 g/mol. The van der Waals surface area contributed by atoms with Crippen LogP contribution in [0.5, 0.6) is 0 Å². The molecule has 0 radical (unpaired) electrons. The highest BCUT2D eigenvalue weighted by molar-refractivity contribution is 6.27. The maximum atomic E-state index is 10.5. The third kappa shape index (κ3) is 2.37. The van der Waals surface area contributed by atoms with Gasteiger partial charge < -0.3 is 4.74 Å². The van der Waals surface area contributed by atoms with Crippen molar-refractivity contribution in [2.24, 2.45) is 0 Å². The van der Waals surface area contributed by atoms with Gasteiger partial charge >= 0.3 is 0 Å². The highest BCUT2D eigenvalue weighted by atomic mass is 16.5. The summed E-state index contributed by atoms with van der Waals surface area (Å²) in [6.45, 7) is 1.79. The van der Waals surface area contributed by atoms with E-state index in [2.05, 4.69) is 4.74 Å². The molecule has 1 unspecified atom stereocenters. The van der Waals surface area contributed by atoms with Crippen molar-refractivity contribution < 1.29 is 14.3 Å². The van der Waals surface area contributed by atoms with Gasteiger partial charge in [0.2, 0.25) is 5.78 Å². The smallest absolute Gasteiger partial charge is 0.223 e. The fourth-order valence-electron chi connectivity index (χ4n) is 0.560. The van der Waals surface area contributed by atoms with E-state index in [1.165, 1.54) is 7.11 Å².